The van der Waals surface area contributed by atoms with Crippen molar-refractivity contribution in [1.82, 2.24) is 14.5 Å². The molecule has 6 nitrogen and oxygen atoms in total. The molecule has 1 aliphatic rings. The first-order valence-corrected chi connectivity index (χ1v) is 12.4. The van der Waals surface area contributed by atoms with Crippen LogP contribution in [0.1, 0.15) is 30.6 Å². The van der Waals surface area contributed by atoms with Crippen LogP contribution in [0.15, 0.2) is 71.1 Å². The summed E-state index contributed by atoms with van der Waals surface area (Å²) in [6, 6.07) is 18.1. The molecule has 2 aromatic heterocycles. The van der Waals surface area contributed by atoms with Gasteiger partial charge < -0.3 is 9.64 Å². The third kappa shape index (κ3) is 4.54. The van der Waals surface area contributed by atoms with E-state index >= 15 is 0 Å². The molecule has 3 heterocycles. The van der Waals surface area contributed by atoms with Crippen molar-refractivity contribution in [2.75, 3.05) is 13.1 Å². The molecule has 4 aromatic rings. The highest BCUT2D eigenvalue weighted by Gasteiger charge is 2.29. The van der Waals surface area contributed by atoms with Gasteiger partial charge in [-0.2, -0.15) is 0 Å². The average molecular weight is 474 g/mol. The topological polar surface area (TPSA) is 64.4 Å². The second kappa shape index (κ2) is 9.52. The number of aromatic nitrogens is 2. The van der Waals surface area contributed by atoms with E-state index in [2.05, 4.69) is 4.98 Å². The molecule has 1 aliphatic heterocycles. The van der Waals surface area contributed by atoms with Crippen LogP contribution in [0.5, 0.6) is 0 Å². The minimum atomic E-state index is -0.141. The molecule has 7 heteroatoms. The number of rotatable bonds is 5. The van der Waals surface area contributed by atoms with Crippen molar-refractivity contribution in [3.05, 3.63) is 87.8 Å². The van der Waals surface area contributed by atoms with Gasteiger partial charge in [0.15, 0.2) is 0 Å². The van der Waals surface area contributed by atoms with E-state index in [1.165, 1.54) is 16.9 Å². The Morgan fingerprint density at radius 2 is 1.88 bits per heavy atom. The molecule has 174 valence electrons. The highest BCUT2D eigenvalue weighted by Crippen LogP contribution is 2.31. The van der Waals surface area contributed by atoms with Gasteiger partial charge in [-0.25, -0.2) is 4.98 Å². The van der Waals surface area contributed by atoms with Crippen molar-refractivity contribution < 1.29 is 9.53 Å². The summed E-state index contributed by atoms with van der Waals surface area (Å²) in [6.45, 7) is 5.39. The summed E-state index contributed by atoms with van der Waals surface area (Å²) in [6.07, 6.45) is 1.61. The predicted molar refractivity (Wildman–Crippen MR) is 135 cm³/mol. The van der Waals surface area contributed by atoms with Crippen molar-refractivity contribution in [2.45, 2.75) is 39.0 Å². The van der Waals surface area contributed by atoms with Crippen LogP contribution in [0.2, 0.25) is 0 Å². The van der Waals surface area contributed by atoms with Crippen LogP contribution >= 0.6 is 11.3 Å². The number of ether oxygens (including phenoxy) is 1. The van der Waals surface area contributed by atoms with E-state index in [9.17, 15) is 9.59 Å². The lowest BCUT2D eigenvalue weighted by molar-refractivity contribution is -0.145. The number of aryl methyl sites for hydroxylation is 2. The molecule has 34 heavy (non-hydrogen) atoms. The maximum absolute atomic E-state index is 13.3. The molecule has 0 aliphatic carbocycles. The van der Waals surface area contributed by atoms with Gasteiger partial charge in [-0.3, -0.25) is 14.2 Å². The van der Waals surface area contributed by atoms with E-state index < -0.39 is 0 Å². The van der Waals surface area contributed by atoms with Crippen LogP contribution in [0.4, 0.5) is 0 Å². The SMILES string of the molecule is Cc1ccc(-c2csc3ncn(CCC(=O)N4CC(C)OC(c5ccccc5)C4)c(=O)c23)cc1. The summed E-state index contributed by atoms with van der Waals surface area (Å²) < 4.78 is 7.64. The van der Waals surface area contributed by atoms with Crippen LogP contribution in [0, 0.1) is 6.92 Å². The predicted octanol–water partition coefficient (Wildman–Crippen LogP) is 4.81. The van der Waals surface area contributed by atoms with E-state index in [0.717, 1.165) is 21.5 Å². The lowest BCUT2D eigenvalue weighted by atomic mass is 10.1. The summed E-state index contributed by atoms with van der Waals surface area (Å²) in [7, 11) is 0. The average Bonchev–Trinajstić information content (AvgIpc) is 3.29. The smallest absolute Gasteiger partial charge is 0.262 e. The fraction of sp³-hybridized carbons (Fsp3) is 0.296. The third-order valence-electron chi connectivity index (χ3n) is 6.27. The van der Waals surface area contributed by atoms with Crippen LogP contribution in [-0.2, 0) is 16.1 Å². The molecule has 0 radical (unpaired) electrons. The summed E-state index contributed by atoms with van der Waals surface area (Å²) in [5.74, 6) is 0.0205. The maximum atomic E-state index is 13.3. The van der Waals surface area contributed by atoms with Gasteiger partial charge >= 0.3 is 0 Å². The Labute approximate surface area is 202 Å². The van der Waals surface area contributed by atoms with E-state index in [1.807, 2.05) is 78.7 Å². The normalized spacial score (nSPS) is 18.4. The molecule has 5 rings (SSSR count). The quantitative estimate of drug-likeness (QED) is 0.417. The Hall–Kier alpha value is -3.29. The molecular formula is C27H27N3O3S. The van der Waals surface area contributed by atoms with Gasteiger partial charge in [-0.05, 0) is 25.0 Å². The van der Waals surface area contributed by atoms with E-state index in [-0.39, 0.29) is 30.1 Å². The van der Waals surface area contributed by atoms with Crippen molar-refractivity contribution in [3.8, 4) is 11.1 Å². The number of fused-ring (bicyclic) bond motifs is 1. The molecule has 0 N–H and O–H groups in total. The zero-order chi connectivity index (χ0) is 23.7. The maximum Gasteiger partial charge on any atom is 0.262 e. The van der Waals surface area contributed by atoms with E-state index in [1.54, 1.807) is 10.9 Å². The lowest BCUT2D eigenvalue weighted by Crippen LogP contribution is -2.46. The Kier molecular flexibility index (Phi) is 6.30. The van der Waals surface area contributed by atoms with Gasteiger partial charge in [0, 0.05) is 30.5 Å². The number of hydrogen-bond donors (Lipinski definition) is 0. The number of carbonyl (C=O) groups excluding carboxylic acids is 1. The first-order chi connectivity index (χ1) is 16.5. The van der Waals surface area contributed by atoms with Gasteiger partial charge in [0.2, 0.25) is 5.91 Å². The Morgan fingerprint density at radius 1 is 1.12 bits per heavy atom. The number of benzene rings is 2. The highest BCUT2D eigenvalue weighted by atomic mass is 32.1. The monoisotopic (exact) mass is 473 g/mol. The molecule has 0 bridgehead atoms. The minimum Gasteiger partial charge on any atom is -0.367 e. The Morgan fingerprint density at radius 3 is 2.65 bits per heavy atom. The standard InChI is InChI=1S/C27H27N3O3S/c1-18-8-10-20(11-9-18)22-16-34-26-25(22)27(32)29(17-28-26)13-12-24(31)30-14-19(2)33-23(15-30)21-6-4-3-5-7-21/h3-11,16-17,19,23H,12-15H2,1-2H3. The van der Waals surface area contributed by atoms with Crippen LogP contribution < -0.4 is 5.56 Å². The largest absolute Gasteiger partial charge is 0.367 e. The van der Waals surface area contributed by atoms with Crippen molar-refractivity contribution in [3.63, 3.8) is 0 Å². The molecule has 2 unspecified atom stereocenters. The number of morpholine rings is 1. The molecule has 1 saturated heterocycles. The summed E-state index contributed by atoms with van der Waals surface area (Å²) in [5.41, 5.74) is 4.03. The van der Waals surface area contributed by atoms with Gasteiger partial charge in [-0.15, -0.1) is 11.3 Å². The summed E-state index contributed by atoms with van der Waals surface area (Å²) in [5, 5.41) is 2.60. The Bertz CT molecular complexity index is 1360. The number of carbonyl (C=O) groups is 1. The second-order valence-electron chi connectivity index (χ2n) is 8.83. The van der Waals surface area contributed by atoms with Crippen LogP contribution in [-0.4, -0.2) is 39.6 Å². The number of amides is 1. The molecule has 1 amide bonds. The molecule has 0 spiro atoms. The highest BCUT2D eigenvalue weighted by molar-refractivity contribution is 7.17. The molecule has 2 aromatic carbocycles. The second-order valence-corrected chi connectivity index (χ2v) is 9.69. The summed E-state index contributed by atoms with van der Waals surface area (Å²) >= 11 is 1.47. The first kappa shape index (κ1) is 22.5. The zero-order valence-electron chi connectivity index (χ0n) is 19.3. The molecule has 1 fully saturated rings. The van der Waals surface area contributed by atoms with E-state index in [0.29, 0.717) is 25.0 Å². The van der Waals surface area contributed by atoms with Gasteiger partial charge in [-0.1, -0.05) is 60.2 Å². The van der Waals surface area contributed by atoms with Gasteiger partial charge in [0.05, 0.1) is 24.4 Å². The fourth-order valence-electron chi connectivity index (χ4n) is 4.45. The third-order valence-corrected chi connectivity index (χ3v) is 7.16. The van der Waals surface area contributed by atoms with Crippen molar-refractivity contribution >= 4 is 27.5 Å². The zero-order valence-corrected chi connectivity index (χ0v) is 20.1. The fourth-order valence-corrected chi connectivity index (χ4v) is 5.36. The Balaban J connectivity index is 1.33. The minimum absolute atomic E-state index is 0.0205. The summed E-state index contributed by atoms with van der Waals surface area (Å²) in [4.78, 5) is 33.5. The van der Waals surface area contributed by atoms with E-state index in [4.69, 9.17) is 4.74 Å². The lowest BCUT2D eigenvalue weighted by Gasteiger charge is -2.37. The molecular weight excluding hydrogens is 446 g/mol. The van der Waals surface area contributed by atoms with Crippen LogP contribution in [0.25, 0.3) is 21.3 Å². The first-order valence-electron chi connectivity index (χ1n) is 11.5. The van der Waals surface area contributed by atoms with Gasteiger partial charge in [0.1, 0.15) is 10.9 Å². The molecule has 2 atom stereocenters. The van der Waals surface area contributed by atoms with Crippen molar-refractivity contribution in [2.24, 2.45) is 0 Å². The number of thiophene rings is 1. The van der Waals surface area contributed by atoms with Crippen LogP contribution in [0.3, 0.4) is 0 Å². The van der Waals surface area contributed by atoms with Gasteiger partial charge in [0.25, 0.3) is 5.56 Å². The number of nitrogens with zero attached hydrogens (tertiary/aromatic N) is 3. The molecule has 0 saturated carbocycles. The number of hydrogen-bond acceptors (Lipinski definition) is 5. The van der Waals surface area contributed by atoms with Crippen molar-refractivity contribution in [1.29, 1.82) is 0 Å².